The Balaban J connectivity index is 0.000000646. The topological polar surface area (TPSA) is 353 Å². The maximum Gasteiger partial charge on any atom is 0.133 e. The minimum atomic E-state index is -0.975. The molecule has 16 N–H and O–H groups in total. The SMILES string of the molecule is CC(=N)CCCc1cc(O)cc([76Br])c1.CC(=N)CCCc1cc(O)ccc1[76Br].CC(=N)CCCc1cc([76Br])cc([76Br])c1O.CC(=N)CCCc1ccc([76Br])cc1.CC(=N)CCCc1cccc([76Br])c1.CC(=N)CC[C@H](O)c1cc(O)cc([18F])c1.CC(=N)CC[C@H](O)c1cc(O)ccc1[18F].CC(=N)CC[C@H](O)c1ccccc1[18F]. The van der Waals surface area contributed by atoms with Gasteiger partial charge in [0.2, 0.25) is 0 Å². The van der Waals surface area contributed by atoms with E-state index in [-0.39, 0.29) is 29.3 Å². The second-order valence-corrected chi connectivity index (χ2v) is 32.8. The van der Waals surface area contributed by atoms with Crippen LogP contribution in [0.25, 0.3) is 0 Å². The molecule has 0 spiro atoms. The molecule has 25 heteroatoms. The van der Waals surface area contributed by atoms with E-state index >= 15 is 0 Å². The molecule has 614 valence electrons. The summed E-state index contributed by atoms with van der Waals surface area (Å²) in [6, 6.07) is 44.4. The first-order valence-corrected chi connectivity index (χ1v) is 41.6. The van der Waals surface area contributed by atoms with Gasteiger partial charge in [0.1, 0.15) is 46.2 Å². The Bertz CT molecular complexity index is 4270. The van der Waals surface area contributed by atoms with E-state index in [1.807, 2.05) is 58.0 Å². The lowest BCUT2D eigenvalue weighted by Crippen LogP contribution is -2.02. The molecule has 0 aliphatic carbocycles. The third-order valence-corrected chi connectivity index (χ3v) is 19.5. The van der Waals surface area contributed by atoms with Gasteiger partial charge < -0.3 is 84.1 Å². The zero-order chi connectivity index (χ0) is 85.3. The van der Waals surface area contributed by atoms with Crippen LogP contribution in [-0.2, 0) is 32.1 Å². The van der Waals surface area contributed by atoms with E-state index in [9.17, 15) is 43.8 Å². The summed E-state index contributed by atoms with van der Waals surface area (Å²) in [5, 5.41) is 134. The molecule has 0 saturated carbocycles. The lowest BCUT2D eigenvalue weighted by atomic mass is 10.0. The van der Waals surface area contributed by atoms with Gasteiger partial charge in [0, 0.05) is 85.3 Å². The Morgan fingerprint density at radius 1 is 0.310 bits per heavy atom. The molecule has 8 aromatic carbocycles. The molecule has 8 rings (SSSR count). The van der Waals surface area contributed by atoms with Gasteiger partial charge in [-0.2, -0.15) is 0 Å². The summed E-state index contributed by atoms with van der Waals surface area (Å²) in [6.45, 7) is 14.1. The maximum absolute atomic E-state index is 13.2. The Kier molecular flexibility index (Phi) is 53.7. The van der Waals surface area contributed by atoms with Gasteiger partial charge in [-0.15, -0.1) is 0 Å². The fourth-order valence-corrected chi connectivity index (χ4v) is 13.3. The number of phenols is 5. The second-order valence-electron chi connectivity index (χ2n) is 27.4. The predicted octanol–water partition coefficient (Wildman–Crippen LogP) is 26.4. The number of aryl methyl sites for hydroxylation is 5. The molecule has 0 heterocycles. The summed E-state index contributed by atoms with van der Waals surface area (Å²) < 4.78 is 45.1. The lowest BCUT2D eigenvalue weighted by molar-refractivity contribution is 0.164. The van der Waals surface area contributed by atoms with Crippen LogP contribution in [0.1, 0.15) is 221 Å². The molecule has 16 nitrogen and oxygen atoms in total. The minimum absolute atomic E-state index is 0.0722. The predicted molar refractivity (Wildman–Crippen MR) is 480 cm³/mol. The largest absolute Gasteiger partial charge is 0.508 e. The quantitative estimate of drug-likeness (QED) is 0.0179. The van der Waals surface area contributed by atoms with E-state index in [1.165, 1.54) is 41.5 Å². The standard InChI is InChI=1S/C11H13Br2NO.2C11H14BrNO.2C11H14BrN.2C11H14FNO2.C11H14FNO/c1-7(14)3-2-4-8-5-9(12)6-10(13)11(8)15;1-8(13)3-2-4-9-5-10(12)7-11(14)6-9;1-8(13)3-2-4-9-7-10(14)5-6-11(9)12;1-9(13)4-2-5-10-6-3-7-11(12)8-10;1-9(13)3-2-4-10-5-7-11(12)8-6-10;1-7(13)2-5-11(15)9-6-8(14)3-4-10(9)12;1-7(13)2-3-11(15)8-4-9(12)6-10(14)5-8;1-8(13)6-7-11(14)9-4-2-3-5-10(9)12/h5-6,14-15H,2-4H2,1H3;2*5-7,13-14H,2-4H2,1H3;3,6-8,13H,2,4-5H2,1H3;5-8,13H,2-4H2,1H3;3-4,6,11,13-15H,2,5H2,1H3;4-6,11,13-15H,2-3H2,1H3;2-5,11,13-14H,6-7H2,1H3/t;;;;;3*11-/m.....000/s1/i12-4,13-4;4*12-4;3*12-1. The van der Waals surface area contributed by atoms with Gasteiger partial charge in [0.25, 0.3) is 0 Å². The molecule has 3 atom stereocenters. The van der Waals surface area contributed by atoms with Crippen molar-refractivity contribution in [1.29, 1.82) is 43.3 Å². The zero-order valence-electron chi connectivity index (χ0n) is 65.6. The first kappa shape index (κ1) is 104. The first-order valence-electron chi connectivity index (χ1n) is 36.8. The molecular formula is C88H111Br6F3N8O8. The van der Waals surface area contributed by atoms with Gasteiger partial charge in [0.15, 0.2) is 0 Å². The fraction of sp³-hybridized carbons (Fsp3) is 0.364. The zero-order valence-corrected chi connectivity index (χ0v) is 75.1. The molecular weight excluding hydrogens is 1810 g/mol. The average Bonchev–Trinajstić information content (AvgIpc) is 0.856. The van der Waals surface area contributed by atoms with E-state index < -0.39 is 29.9 Å². The van der Waals surface area contributed by atoms with Crippen molar-refractivity contribution in [3.63, 3.8) is 0 Å². The van der Waals surface area contributed by atoms with Gasteiger partial charge in [-0.1, -0.05) is 122 Å². The molecule has 0 unspecified atom stereocenters. The Hall–Kier alpha value is -7.33. The van der Waals surface area contributed by atoms with Crippen LogP contribution in [0, 0.1) is 60.7 Å². The molecule has 0 bridgehead atoms. The molecule has 0 fully saturated rings. The summed E-state index contributed by atoms with van der Waals surface area (Å²) in [4.78, 5) is 0. The highest BCUT2D eigenvalue weighted by molar-refractivity contribution is 9.11. The van der Waals surface area contributed by atoms with Crippen LogP contribution in [0.4, 0.5) is 13.2 Å². The highest BCUT2D eigenvalue weighted by atomic mass is 75.9. The molecule has 0 amide bonds. The number of aromatic hydroxyl groups is 5. The maximum atomic E-state index is 13.2. The van der Waals surface area contributed by atoms with E-state index in [1.54, 1.807) is 70.2 Å². The van der Waals surface area contributed by atoms with Gasteiger partial charge >= 0.3 is 0 Å². The van der Waals surface area contributed by atoms with E-state index in [0.29, 0.717) is 99.2 Å². The summed E-state index contributed by atoms with van der Waals surface area (Å²) >= 11 is 20.3. The van der Waals surface area contributed by atoms with Crippen molar-refractivity contribution in [3.05, 3.63) is 247 Å². The van der Waals surface area contributed by atoms with Crippen LogP contribution in [-0.4, -0.2) is 86.5 Å². The van der Waals surface area contributed by atoms with Crippen molar-refractivity contribution in [2.75, 3.05) is 0 Å². The van der Waals surface area contributed by atoms with Crippen LogP contribution >= 0.6 is 95.6 Å². The summed E-state index contributed by atoms with van der Waals surface area (Å²) in [5.41, 5.74) is 11.6. The number of halogens is 9. The highest BCUT2D eigenvalue weighted by Gasteiger charge is 2.16. The van der Waals surface area contributed by atoms with Crippen molar-refractivity contribution in [2.45, 2.75) is 209 Å². The smallest absolute Gasteiger partial charge is 0.133 e. The number of rotatable bonds is 32. The van der Waals surface area contributed by atoms with Crippen LogP contribution in [0.5, 0.6) is 28.7 Å². The van der Waals surface area contributed by atoms with Crippen molar-refractivity contribution < 1.29 is 54.0 Å². The number of hydrogen-bond donors (Lipinski definition) is 16. The summed E-state index contributed by atoms with van der Waals surface area (Å²) in [5.74, 6) is -0.870. The normalized spacial score (nSPS) is 11.0. The first-order chi connectivity index (χ1) is 53.1. The van der Waals surface area contributed by atoms with E-state index in [0.717, 1.165) is 159 Å². The highest BCUT2D eigenvalue weighted by Crippen LogP contribution is 2.33. The van der Waals surface area contributed by atoms with Gasteiger partial charge in [-0.25, -0.2) is 13.2 Å². The number of benzene rings is 8. The molecule has 0 aromatic heterocycles. The second kappa shape index (κ2) is 58.5. The summed E-state index contributed by atoms with van der Waals surface area (Å²) in [7, 11) is 0. The van der Waals surface area contributed by atoms with Crippen molar-refractivity contribution in [3.8, 4) is 28.7 Å². The number of aliphatic hydroxyl groups is 3. The minimum Gasteiger partial charge on any atom is -0.508 e. The lowest BCUT2D eigenvalue weighted by Gasteiger charge is -2.11. The fourth-order valence-electron chi connectivity index (χ4n) is 10.3. The van der Waals surface area contributed by atoms with Crippen LogP contribution in [0.3, 0.4) is 0 Å². The van der Waals surface area contributed by atoms with Crippen LogP contribution < -0.4 is 0 Å². The Labute approximate surface area is 716 Å². The third-order valence-electron chi connectivity index (χ3n) is 16.2. The van der Waals surface area contributed by atoms with Gasteiger partial charge in [0.05, 0.1) is 22.8 Å². The molecule has 0 saturated heterocycles. The average molecular weight is 1920 g/mol. The molecule has 8 aromatic rings. The number of aliphatic hydroxyl groups excluding tert-OH is 3. The molecule has 0 radical (unpaired) electrons. The number of nitrogens with one attached hydrogen (secondary N) is 8. The third kappa shape index (κ3) is 51.3. The molecule has 0 aliphatic rings. The Morgan fingerprint density at radius 2 is 0.735 bits per heavy atom. The molecule has 0 aliphatic heterocycles. The van der Waals surface area contributed by atoms with Crippen LogP contribution in [0.2, 0.25) is 0 Å². The monoisotopic (exact) mass is 1920 g/mol. The van der Waals surface area contributed by atoms with E-state index in [2.05, 4.69) is 138 Å². The van der Waals surface area contributed by atoms with Crippen molar-refractivity contribution in [2.24, 2.45) is 0 Å². The number of hydrogen-bond acceptors (Lipinski definition) is 16. The Morgan fingerprint density at radius 3 is 1.23 bits per heavy atom. The van der Waals surface area contributed by atoms with Gasteiger partial charge in [-0.3, -0.25) is 0 Å². The number of phenolic OH excluding ortho intramolecular Hbond substituents is 5. The van der Waals surface area contributed by atoms with E-state index in [4.69, 9.17) is 53.5 Å². The summed E-state index contributed by atoms with van der Waals surface area (Å²) in [6.07, 6.45) is 13.7. The van der Waals surface area contributed by atoms with Crippen molar-refractivity contribution in [1.82, 2.24) is 0 Å². The van der Waals surface area contributed by atoms with Crippen LogP contribution in [0.15, 0.2) is 185 Å². The van der Waals surface area contributed by atoms with Gasteiger partial charge in [-0.05, 0) is 349 Å². The van der Waals surface area contributed by atoms with Crippen molar-refractivity contribution >= 4 is 141 Å². The molecule has 113 heavy (non-hydrogen) atoms.